The van der Waals surface area contributed by atoms with Gasteiger partial charge in [0, 0.05) is 15.6 Å². The Balaban J connectivity index is 1.79. The lowest BCUT2D eigenvalue weighted by atomic mass is 10.2. The highest BCUT2D eigenvalue weighted by atomic mass is 35.5. The largest absolute Gasteiger partial charge is 0.497 e. The minimum Gasteiger partial charge on any atom is -0.497 e. The van der Waals surface area contributed by atoms with E-state index in [1.807, 2.05) is 32.9 Å². The summed E-state index contributed by atoms with van der Waals surface area (Å²) >= 11 is 7.73. The van der Waals surface area contributed by atoms with Crippen molar-refractivity contribution in [3.63, 3.8) is 0 Å². The zero-order valence-corrected chi connectivity index (χ0v) is 16.7. The number of fused-ring (bicyclic) bond motifs is 1. The highest BCUT2D eigenvalue weighted by molar-refractivity contribution is 8.00. The molecule has 2 aromatic carbocycles. The number of halogens is 1. The first-order valence-electron chi connectivity index (χ1n) is 8.45. The molecule has 0 aliphatic carbocycles. The Morgan fingerprint density at radius 2 is 2.12 bits per heavy atom. The summed E-state index contributed by atoms with van der Waals surface area (Å²) < 4.78 is 11.0. The van der Waals surface area contributed by atoms with Gasteiger partial charge in [0.1, 0.15) is 11.6 Å². The van der Waals surface area contributed by atoms with Crippen LogP contribution in [0.25, 0.3) is 11.0 Å². The second-order valence-corrected chi connectivity index (χ2v) is 7.24. The maximum Gasteiger partial charge on any atom is 0.109 e. The van der Waals surface area contributed by atoms with Crippen molar-refractivity contribution in [1.29, 1.82) is 0 Å². The first kappa shape index (κ1) is 18.7. The third-order valence-corrected chi connectivity index (χ3v) is 5.53. The van der Waals surface area contributed by atoms with Crippen LogP contribution in [0.1, 0.15) is 18.3 Å². The summed E-state index contributed by atoms with van der Waals surface area (Å²) in [4.78, 5) is 5.77. The van der Waals surface area contributed by atoms with E-state index < -0.39 is 0 Å². The van der Waals surface area contributed by atoms with E-state index >= 15 is 0 Å². The molecule has 26 heavy (non-hydrogen) atoms. The number of hydrogen-bond donors (Lipinski definition) is 1. The van der Waals surface area contributed by atoms with E-state index in [0.29, 0.717) is 13.2 Å². The average Bonchev–Trinajstić information content (AvgIpc) is 2.91. The van der Waals surface area contributed by atoms with E-state index in [0.717, 1.165) is 43.8 Å². The van der Waals surface area contributed by atoms with Gasteiger partial charge in [0.15, 0.2) is 0 Å². The smallest absolute Gasteiger partial charge is 0.109 e. The number of ether oxygens (including phenoxy) is 1. The van der Waals surface area contributed by atoms with E-state index in [1.165, 1.54) is 0 Å². The van der Waals surface area contributed by atoms with Gasteiger partial charge >= 0.3 is 0 Å². The van der Waals surface area contributed by atoms with Gasteiger partial charge in [-0.15, -0.1) is 0 Å². The number of aromatic nitrogens is 2. The number of hydrogen-bond acceptors (Lipinski definition) is 4. The zero-order chi connectivity index (χ0) is 18.7. The lowest BCUT2D eigenvalue weighted by molar-refractivity contribution is 0.215. The van der Waals surface area contributed by atoms with Gasteiger partial charge in [0.2, 0.25) is 0 Å². The van der Waals surface area contributed by atoms with Crippen LogP contribution in [0.2, 0.25) is 5.02 Å². The standard InChI is InChI=1S/C20H22ClN3OS/c1-5-25-13(2)12-24-15(4)22-18-11-16(9-10-19(18)24)23-26-20-8-6-7-17(21)14(20)3/h6-11,23H,2,5,12H2,1,3-4H3. The average molecular weight is 388 g/mol. The number of anilines is 1. The van der Waals surface area contributed by atoms with Crippen molar-refractivity contribution >= 4 is 40.3 Å². The third-order valence-electron chi connectivity index (χ3n) is 4.12. The van der Waals surface area contributed by atoms with Crippen LogP contribution in [0.15, 0.2) is 53.6 Å². The van der Waals surface area contributed by atoms with Crippen LogP contribution in [0, 0.1) is 13.8 Å². The summed E-state index contributed by atoms with van der Waals surface area (Å²) in [6, 6.07) is 12.1. The van der Waals surface area contributed by atoms with Crippen molar-refractivity contribution in [2.24, 2.45) is 0 Å². The van der Waals surface area contributed by atoms with Crippen LogP contribution < -0.4 is 4.72 Å². The van der Waals surface area contributed by atoms with Crippen LogP contribution in [0.5, 0.6) is 0 Å². The van der Waals surface area contributed by atoms with Gasteiger partial charge in [-0.2, -0.15) is 0 Å². The molecule has 0 radical (unpaired) electrons. The fourth-order valence-electron chi connectivity index (χ4n) is 2.75. The van der Waals surface area contributed by atoms with Crippen molar-refractivity contribution in [1.82, 2.24) is 9.55 Å². The minimum atomic E-state index is 0.611. The number of aryl methyl sites for hydroxylation is 1. The van der Waals surface area contributed by atoms with Gasteiger partial charge < -0.3 is 14.0 Å². The molecule has 0 saturated carbocycles. The molecule has 3 aromatic rings. The highest BCUT2D eigenvalue weighted by Gasteiger charge is 2.10. The van der Waals surface area contributed by atoms with E-state index in [2.05, 4.69) is 45.1 Å². The van der Waals surface area contributed by atoms with Crippen LogP contribution in [-0.4, -0.2) is 16.2 Å². The summed E-state index contributed by atoms with van der Waals surface area (Å²) in [6.45, 7) is 11.2. The van der Waals surface area contributed by atoms with Crippen LogP contribution in [0.4, 0.5) is 5.69 Å². The predicted octanol–water partition coefficient (Wildman–Crippen LogP) is 5.98. The summed E-state index contributed by atoms with van der Waals surface area (Å²) in [5.41, 5.74) is 4.08. The number of benzene rings is 2. The van der Waals surface area contributed by atoms with E-state index in [-0.39, 0.29) is 0 Å². The molecule has 136 valence electrons. The number of imidazole rings is 1. The van der Waals surface area contributed by atoms with Crippen LogP contribution in [-0.2, 0) is 11.3 Å². The fourth-order valence-corrected chi connectivity index (χ4v) is 3.75. The molecule has 0 atom stereocenters. The molecule has 0 aliphatic heterocycles. The lowest BCUT2D eigenvalue weighted by Gasteiger charge is -2.11. The van der Waals surface area contributed by atoms with Gasteiger partial charge in [-0.05, 0) is 68.6 Å². The Bertz CT molecular complexity index is 952. The molecule has 3 rings (SSSR count). The van der Waals surface area contributed by atoms with Crippen molar-refractivity contribution in [3.05, 3.63) is 65.1 Å². The maximum atomic E-state index is 6.19. The van der Waals surface area contributed by atoms with Gasteiger partial charge in [-0.25, -0.2) is 4.98 Å². The molecule has 0 aliphatic rings. The summed E-state index contributed by atoms with van der Waals surface area (Å²) in [5, 5.41) is 0.774. The Morgan fingerprint density at radius 1 is 1.31 bits per heavy atom. The van der Waals surface area contributed by atoms with Gasteiger partial charge in [0.05, 0.1) is 24.2 Å². The zero-order valence-electron chi connectivity index (χ0n) is 15.2. The molecule has 0 unspecified atom stereocenters. The van der Waals surface area contributed by atoms with E-state index in [4.69, 9.17) is 16.3 Å². The maximum absolute atomic E-state index is 6.19. The van der Waals surface area contributed by atoms with Crippen LogP contribution >= 0.6 is 23.5 Å². The molecule has 0 fully saturated rings. The second-order valence-electron chi connectivity index (χ2n) is 5.99. The number of nitrogens with zero attached hydrogens (tertiary/aromatic N) is 2. The Kier molecular flexibility index (Phi) is 5.79. The predicted molar refractivity (Wildman–Crippen MR) is 111 cm³/mol. The Hall–Kier alpha value is -2.11. The SMILES string of the molecule is C=C(Cn1c(C)nc2cc(NSc3cccc(Cl)c3C)ccc21)OCC. The van der Waals surface area contributed by atoms with Crippen molar-refractivity contribution in [2.45, 2.75) is 32.2 Å². The number of allylic oxidation sites excluding steroid dienone is 1. The molecule has 1 N–H and O–H groups in total. The normalized spacial score (nSPS) is 10.9. The molecule has 1 heterocycles. The number of rotatable bonds is 7. The first-order chi connectivity index (χ1) is 12.5. The van der Waals surface area contributed by atoms with E-state index in [1.54, 1.807) is 11.9 Å². The molecule has 0 amide bonds. The van der Waals surface area contributed by atoms with Crippen molar-refractivity contribution < 1.29 is 4.74 Å². The molecule has 6 heteroatoms. The molecular weight excluding hydrogens is 366 g/mol. The Labute approximate surface area is 163 Å². The van der Waals surface area contributed by atoms with Gasteiger partial charge in [-0.3, -0.25) is 0 Å². The summed E-state index contributed by atoms with van der Waals surface area (Å²) in [6.07, 6.45) is 0. The molecular formula is C20H22ClN3OS. The van der Waals surface area contributed by atoms with Crippen LogP contribution in [0.3, 0.4) is 0 Å². The highest BCUT2D eigenvalue weighted by Crippen LogP contribution is 2.30. The fraction of sp³-hybridized carbons (Fsp3) is 0.250. The minimum absolute atomic E-state index is 0.611. The monoisotopic (exact) mass is 387 g/mol. The summed E-state index contributed by atoms with van der Waals surface area (Å²) in [5.74, 6) is 1.68. The molecule has 1 aromatic heterocycles. The quantitative estimate of drug-likeness (QED) is 0.400. The van der Waals surface area contributed by atoms with E-state index in [9.17, 15) is 0 Å². The first-order valence-corrected chi connectivity index (χ1v) is 9.64. The lowest BCUT2D eigenvalue weighted by Crippen LogP contribution is -2.05. The van der Waals surface area contributed by atoms with Crippen molar-refractivity contribution in [3.8, 4) is 0 Å². The summed E-state index contributed by atoms with van der Waals surface area (Å²) in [7, 11) is 0. The van der Waals surface area contributed by atoms with Gasteiger partial charge in [0.25, 0.3) is 0 Å². The number of nitrogens with one attached hydrogen (secondary N) is 1. The van der Waals surface area contributed by atoms with Gasteiger partial charge in [-0.1, -0.05) is 24.2 Å². The molecule has 0 bridgehead atoms. The molecule has 0 saturated heterocycles. The molecule has 4 nitrogen and oxygen atoms in total. The molecule has 0 spiro atoms. The van der Waals surface area contributed by atoms with Crippen molar-refractivity contribution in [2.75, 3.05) is 11.3 Å². The topological polar surface area (TPSA) is 39.1 Å². The third kappa shape index (κ3) is 4.00. The Morgan fingerprint density at radius 3 is 2.88 bits per heavy atom. The second kappa shape index (κ2) is 8.06.